The highest BCUT2D eigenvalue weighted by molar-refractivity contribution is 5.40. The van der Waals surface area contributed by atoms with Gasteiger partial charge in [-0.05, 0) is 48.9 Å². The van der Waals surface area contributed by atoms with E-state index >= 15 is 0 Å². The van der Waals surface area contributed by atoms with E-state index in [-0.39, 0.29) is 17.4 Å². The summed E-state index contributed by atoms with van der Waals surface area (Å²) < 4.78 is 0. The van der Waals surface area contributed by atoms with Crippen LogP contribution in [0.15, 0.2) is 48.5 Å². The van der Waals surface area contributed by atoms with Crippen LogP contribution in [0.1, 0.15) is 36.8 Å². The number of phenols is 2. The van der Waals surface area contributed by atoms with Crippen LogP contribution < -0.4 is 0 Å². The SMILES string of the molecule is CC(CCCc1ccccc1)c1cc(O)ccc1O. The lowest BCUT2D eigenvalue weighted by Crippen LogP contribution is -1.96. The van der Waals surface area contributed by atoms with Crippen molar-refractivity contribution in [2.24, 2.45) is 0 Å². The van der Waals surface area contributed by atoms with E-state index < -0.39 is 0 Å². The minimum atomic E-state index is 0.211. The largest absolute Gasteiger partial charge is 0.508 e. The lowest BCUT2D eigenvalue weighted by molar-refractivity contribution is 0.446. The topological polar surface area (TPSA) is 40.5 Å². The van der Waals surface area contributed by atoms with E-state index in [9.17, 15) is 10.2 Å². The molecule has 100 valence electrons. The monoisotopic (exact) mass is 256 g/mol. The van der Waals surface area contributed by atoms with Crippen molar-refractivity contribution in [3.8, 4) is 11.5 Å². The summed E-state index contributed by atoms with van der Waals surface area (Å²) in [5, 5.41) is 19.3. The molecule has 2 N–H and O–H groups in total. The van der Waals surface area contributed by atoms with Crippen LogP contribution in [-0.4, -0.2) is 10.2 Å². The summed E-state index contributed by atoms with van der Waals surface area (Å²) in [7, 11) is 0. The van der Waals surface area contributed by atoms with Gasteiger partial charge in [-0.25, -0.2) is 0 Å². The van der Waals surface area contributed by atoms with Gasteiger partial charge in [-0.1, -0.05) is 37.3 Å². The molecule has 0 aliphatic rings. The highest BCUT2D eigenvalue weighted by atomic mass is 16.3. The Morgan fingerprint density at radius 1 is 1.00 bits per heavy atom. The molecule has 2 rings (SSSR count). The average molecular weight is 256 g/mol. The maximum atomic E-state index is 9.81. The lowest BCUT2D eigenvalue weighted by Gasteiger charge is -2.13. The first kappa shape index (κ1) is 13.5. The summed E-state index contributed by atoms with van der Waals surface area (Å²) in [4.78, 5) is 0. The molecule has 0 heterocycles. The predicted molar refractivity (Wildman–Crippen MR) is 77.6 cm³/mol. The number of aryl methyl sites for hydroxylation is 1. The fourth-order valence-corrected chi connectivity index (χ4v) is 2.35. The predicted octanol–water partition coefficient (Wildman–Crippen LogP) is 4.22. The van der Waals surface area contributed by atoms with Gasteiger partial charge in [0, 0.05) is 5.56 Å². The number of rotatable bonds is 5. The van der Waals surface area contributed by atoms with Crippen LogP contribution in [0, 0.1) is 0 Å². The molecule has 2 aromatic carbocycles. The first-order valence-electron chi connectivity index (χ1n) is 6.72. The lowest BCUT2D eigenvalue weighted by atomic mass is 9.93. The molecule has 0 fully saturated rings. The van der Waals surface area contributed by atoms with Crippen molar-refractivity contribution in [1.29, 1.82) is 0 Å². The van der Waals surface area contributed by atoms with E-state index in [1.807, 2.05) is 6.07 Å². The molecule has 0 aromatic heterocycles. The quantitative estimate of drug-likeness (QED) is 0.786. The number of benzene rings is 2. The molecule has 0 aliphatic heterocycles. The van der Waals surface area contributed by atoms with Gasteiger partial charge in [0.2, 0.25) is 0 Å². The van der Waals surface area contributed by atoms with Gasteiger partial charge in [-0.15, -0.1) is 0 Å². The van der Waals surface area contributed by atoms with Gasteiger partial charge < -0.3 is 10.2 Å². The van der Waals surface area contributed by atoms with Gasteiger partial charge in [0.1, 0.15) is 11.5 Å². The van der Waals surface area contributed by atoms with Crippen LogP contribution in [0.3, 0.4) is 0 Å². The zero-order valence-electron chi connectivity index (χ0n) is 11.2. The molecule has 0 saturated heterocycles. The zero-order chi connectivity index (χ0) is 13.7. The van der Waals surface area contributed by atoms with Crippen molar-refractivity contribution < 1.29 is 10.2 Å². The molecule has 2 aromatic rings. The van der Waals surface area contributed by atoms with E-state index in [0.29, 0.717) is 0 Å². The highest BCUT2D eigenvalue weighted by Gasteiger charge is 2.11. The third kappa shape index (κ3) is 3.75. The van der Waals surface area contributed by atoms with Gasteiger partial charge in [0.25, 0.3) is 0 Å². The molecule has 19 heavy (non-hydrogen) atoms. The zero-order valence-corrected chi connectivity index (χ0v) is 11.2. The Kier molecular flexibility index (Phi) is 4.45. The molecule has 0 aliphatic carbocycles. The van der Waals surface area contributed by atoms with E-state index in [2.05, 4.69) is 31.2 Å². The van der Waals surface area contributed by atoms with Crippen LogP contribution in [0.5, 0.6) is 11.5 Å². The van der Waals surface area contributed by atoms with Crippen molar-refractivity contribution in [3.63, 3.8) is 0 Å². The van der Waals surface area contributed by atoms with Crippen molar-refractivity contribution in [3.05, 3.63) is 59.7 Å². The van der Waals surface area contributed by atoms with E-state index in [1.165, 1.54) is 11.6 Å². The van der Waals surface area contributed by atoms with Crippen molar-refractivity contribution in [2.75, 3.05) is 0 Å². The van der Waals surface area contributed by atoms with Gasteiger partial charge in [-0.2, -0.15) is 0 Å². The average Bonchev–Trinajstić information content (AvgIpc) is 2.42. The number of hydrogen-bond acceptors (Lipinski definition) is 2. The van der Waals surface area contributed by atoms with Crippen LogP contribution in [-0.2, 0) is 6.42 Å². The normalized spacial score (nSPS) is 12.3. The Balaban J connectivity index is 1.91. The fourth-order valence-electron chi connectivity index (χ4n) is 2.35. The minimum absolute atomic E-state index is 0.211. The summed E-state index contributed by atoms with van der Waals surface area (Å²) >= 11 is 0. The smallest absolute Gasteiger partial charge is 0.119 e. The second kappa shape index (κ2) is 6.28. The van der Waals surface area contributed by atoms with E-state index in [1.54, 1.807) is 12.1 Å². The molecular weight excluding hydrogens is 236 g/mol. The number of aromatic hydroxyl groups is 2. The minimum Gasteiger partial charge on any atom is -0.508 e. The van der Waals surface area contributed by atoms with Crippen LogP contribution in [0.25, 0.3) is 0 Å². The second-order valence-corrected chi connectivity index (χ2v) is 5.02. The molecular formula is C17H20O2. The Morgan fingerprint density at radius 2 is 1.74 bits per heavy atom. The van der Waals surface area contributed by atoms with Gasteiger partial charge >= 0.3 is 0 Å². The Morgan fingerprint density at radius 3 is 2.47 bits per heavy atom. The molecule has 1 unspecified atom stereocenters. The molecule has 2 nitrogen and oxygen atoms in total. The third-order valence-corrected chi connectivity index (χ3v) is 3.49. The van der Waals surface area contributed by atoms with Gasteiger partial charge in [0.15, 0.2) is 0 Å². The molecule has 0 radical (unpaired) electrons. The Bertz CT molecular complexity index is 520. The summed E-state index contributed by atoms with van der Waals surface area (Å²) in [6, 6.07) is 15.1. The summed E-state index contributed by atoms with van der Waals surface area (Å²) in [6.07, 6.45) is 3.11. The Hall–Kier alpha value is -1.96. The van der Waals surface area contributed by atoms with Crippen molar-refractivity contribution in [2.45, 2.75) is 32.1 Å². The van der Waals surface area contributed by atoms with Crippen molar-refractivity contribution >= 4 is 0 Å². The molecule has 1 atom stereocenters. The van der Waals surface area contributed by atoms with Gasteiger partial charge in [0.05, 0.1) is 0 Å². The standard InChI is InChI=1S/C17H20O2/c1-13(16-12-15(18)10-11-17(16)19)6-5-9-14-7-3-2-4-8-14/h2-4,7-8,10-13,18-19H,5-6,9H2,1H3. The molecule has 0 saturated carbocycles. The molecule has 0 spiro atoms. The van der Waals surface area contributed by atoms with E-state index in [0.717, 1.165) is 24.8 Å². The first-order chi connectivity index (χ1) is 9.16. The van der Waals surface area contributed by atoms with Crippen LogP contribution >= 0.6 is 0 Å². The second-order valence-electron chi connectivity index (χ2n) is 5.02. The third-order valence-electron chi connectivity index (χ3n) is 3.49. The number of phenolic OH excluding ortho intramolecular Hbond substituents is 2. The Labute approximate surface area is 114 Å². The maximum Gasteiger partial charge on any atom is 0.119 e. The number of hydrogen-bond donors (Lipinski definition) is 2. The fraction of sp³-hybridized carbons (Fsp3) is 0.294. The first-order valence-corrected chi connectivity index (χ1v) is 6.72. The van der Waals surface area contributed by atoms with Crippen molar-refractivity contribution in [1.82, 2.24) is 0 Å². The molecule has 0 amide bonds. The maximum absolute atomic E-state index is 9.81. The van der Waals surface area contributed by atoms with Crippen LogP contribution in [0.2, 0.25) is 0 Å². The summed E-state index contributed by atoms with van der Waals surface area (Å²) in [6.45, 7) is 2.08. The summed E-state index contributed by atoms with van der Waals surface area (Å²) in [5.74, 6) is 0.725. The van der Waals surface area contributed by atoms with E-state index in [4.69, 9.17) is 0 Å². The van der Waals surface area contributed by atoms with Crippen LogP contribution in [0.4, 0.5) is 0 Å². The van der Waals surface area contributed by atoms with Gasteiger partial charge in [-0.3, -0.25) is 0 Å². The molecule has 2 heteroatoms. The highest BCUT2D eigenvalue weighted by Crippen LogP contribution is 2.31. The molecule has 0 bridgehead atoms. The summed E-state index contributed by atoms with van der Waals surface area (Å²) in [5.41, 5.74) is 2.17.